The molecule has 0 amide bonds. The number of anilines is 1. The van der Waals surface area contributed by atoms with E-state index in [-0.39, 0.29) is 5.91 Å². The van der Waals surface area contributed by atoms with Gasteiger partial charge in [-0.25, -0.2) is 0 Å². The van der Waals surface area contributed by atoms with E-state index in [0.29, 0.717) is 12.2 Å². The molecular formula is C12H13N3O. The molecule has 2 N–H and O–H groups in total. The third-order valence-electron chi connectivity index (χ3n) is 2.29. The molecule has 16 heavy (non-hydrogen) atoms. The summed E-state index contributed by atoms with van der Waals surface area (Å²) in [4.78, 5) is 11.9. The summed E-state index contributed by atoms with van der Waals surface area (Å²) in [5.74, 6) is 0.273. The maximum Gasteiger partial charge on any atom is 0.253 e. The average Bonchev–Trinajstić information content (AvgIpc) is 2.59. The third-order valence-corrected chi connectivity index (χ3v) is 2.29. The minimum Gasteiger partial charge on any atom is -0.383 e. The molecule has 0 atom stereocenters. The van der Waals surface area contributed by atoms with E-state index in [0.717, 1.165) is 11.3 Å². The number of hydrogen-bond donors (Lipinski definition) is 1. The zero-order valence-corrected chi connectivity index (χ0v) is 9.05. The van der Waals surface area contributed by atoms with Gasteiger partial charge < -0.3 is 5.73 Å². The quantitative estimate of drug-likeness (QED) is 0.828. The van der Waals surface area contributed by atoms with Crippen molar-refractivity contribution < 1.29 is 4.79 Å². The van der Waals surface area contributed by atoms with Gasteiger partial charge in [-0.1, -0.05) is 30.3 Å². The summed E-state index contributed by atoms with van der Waals surface area (Å²) in [6, 6.07) is 11.2. The normalized spacial score (nSPS) is 10.3. The van der Waals surface area contributed by atoms with Crippen LogP contribution in [-0.4, -0.2) is 15.7 Å². The molecule has 0 radical (unpaired) electrons. The molecule has 4 heteroatoms. The number of carbonyl (C=O) groups excluding carboxylic acids is 1. The zero-order chi connectivity index (χ0) is 11.5. The molecule has 82 valence electrons. The number of benzene rings is 1. The van der Waals surface area contributed by atoms with E-state index in [1.807, 2.05) is 37.3 Å². The Morgan fingerprint density at radius 1 is 1.38 bits per heavy atom. The molecule has 2 aromatic rings. The van der Waals surface area contributed by atoms with Crippen molar-refractivity contribution >= 4 is 11.7 Å². The van der Waals surface area contributed by atoms with Gasteiger partial charge in [-0.2, -0.15) is 9.78 Å². The van der Waals surface area contributed by atoms with E-state index in [1.54, 1.807) is 6.07 Å². The zero-order valence-electron chi connectivity index (χ0n) is 9.05. The van der Waals surface area contributed by atoms with Gasteiger partial charge in [-0.15, -0.1) is 0 Å². The lowest BCUT2D eigenvalue weighted by molar-refractivity contribution is 0.0901. The van der Waals surface area contributed by atoms with E-state index in [1.165, 1.54) is 4.68 Å². The Bertz CT molecular complexity index is 502. The van der Waals surface area contributed by atoms with Crippen LogP contribution < -0.4 is 5.73 Å². The van der Waals surface area contributed by atoms with Crippen LogP contribution >= 0.6 is 0 Å². The molecule has 0 aliphatic heterocycles. The molecule has 0 saturated heterocycles. The summed E-state index contributed by atoms with van der Waals surface area (Å²) in [5, 5.41) is 4.05. The molecular weight excluding hydrogens is 202 g/mol. The molecule has 1 heterocycles. The second-order valence-electron chi connectivity index (χ2n) is 3.68. The van der Waals surface area contributed by atoms with E-state index in [4.69, 9.17) is 5.73 Å². The molecule has 0 spiro atoms. The van der Waals surface area contributed by atoms with Gasteiger partial charge in [0.15, 0.2) is 0 Å². The van der Waals surface area contributed by atoms with E-state index < -0.39 is 0 Å². The van der Waals surface area contributed by atoms with Gasteiger partial charge in [0, 0.05) is 6.07 Å². The van der Waals surface area contributed by atoms with Crippen molar-refractivity contribution in [3.05, 3.63) is 47.7 Å². The average molecular weight is 215 g/mol. The second kappa shape index (κ2) is 4.18. The van der Waals surface area contributed by atoms with Crippen molar-refractivity contribution in [2.45, 2.75) is 13.3 Å². The van der Waals surface area contributed by atoms with Crippen molar-refractivity contribution in [1.82, 2.24) is 9.78 Å². The van der Waals surface area contributed by atoms with Gasteiger partial charge >= 0.3 is 0 Å². The summed E-state index contributed by atoms with van der Waals surface area (Å²) < 4.78 is 1.25. The van der Waals surface area contributed by atoms with Crippen molar-refractivity contribution in [3.63, 3.8) is 0 Å². The SMILES string of the molecule is Cc1cc(N)n(C(=O)Cc2ccccc2)n1. The predicted molar refractivity (Wildman–Crippen MR) is 62.1 cm³/mol. The van der Waals surface area contributed by atoms with Crippen molar-refractivity contribution in [3.8, 4) is 0 Å². The van der Waals surface area contributed by atoms with Crippen molar-refractivity contribution in [1.29, 1.82) is 0 Å². The monoisotopic (exact) mass is 215 g/mol. The lowest BCUT2D eigenvalue weighted by Gasteiger charge is -2.02. The first-order chi connectivity index (χ1) is 7.66. The maximum atomic E-state index is 11.9. The summed E-state index contributed by atoms with van der Waals surface area (Å²) in [6.07, 6.45) is 0.312. The Balaban J connectivity index is 2.18. The number of aryl methyl sites for hydroxylation is 1. The third kappa shape index (κ3) is 2.11. The highest BCUT2D eigenvalue weighted by atomic mass is 16.2. The fourth-order valence-electron chi connectivity index (χ4n) is 1.56. The van der Waals surface area contributed by atoms with E-state index in [9.17, 15) is 4.79 Å². The molecule has 1 aromatic carbocycles. The number of nitrogens with zero attached hydrogens (tertiary/aromatic N) is 2. The Morgan fingerprint density at radius 3 is 2.62 bits per heavy atom. The van der Waals surface area contributed by atoms with Crippen LogP contribution in [0.1, 0.15) is 16.1 Å². The van der Waals surface area contributed by atoms with Gasteiger partial charge in [0.1, 0.15) is 5.82 Å². The molecule has 0 aliphatic rings. The Morgan fingerprint density at radius 2 is 2.06 bits per heavy atom. The topological polar surface area (TPSA) is 60.9 Å². The Kier molecular flexibility index (Phi) is 2.72. The summed E-state index contributed by atoms with van der Waals surface area (Å²) in [7, 11) is 0. The number of aromatic nitrogens is 2. The summed E-state index contributed by atoms with van der Waals surface area (Å²) in [5.41, 5.74) is 7.38. The molecule has 4 nitrogen and oxygen atoms in total. The van der Waals surface area contributed by atoms with Gasteiger partial charge in [0.05, 0.1) is 12.1 Å². The van der Waals surface area contributed by atoms with Crippen LogP contribution in [0.25, 0.3) is 0 Å². The summed E-state index contributed by atoms with van der Waals surface area (Å²) in [6.45, 7) is 1.81. The minimum absolute atomic E-state index is 0.114. The highest BCUT2D eigenvalue weighted by Crippen LogP contribution is 2.08. The Hall–Kier alpha value is -2.10. The number of hydrogen-bond acceptors (Lipinski definition) is 3. The maximum absolute atomic E-state index is 11.9. The lowest BCUT2D eigenvalue weighted by atomic mass is 10.1. The molecule has 0 saturated carbocycles. The number of carbonyl (C=O) groups is 1. The number of nitrogen functional groups attached to an aromatic ring is 1. The van der Waals surface area contributed by atoms with Crippen molar-refractivity contribution in [2.75, 3.05) is 5.73 Å². The second-order valence-corrected chi connectivity index (χ2v) is 3.68. The van der Waals surface area contributed by atoms with Crippen LogP contribution in [0, 0.1) is 6.92 Å². The van der Waals surface area contributed by atoms with Gasteiger partial charge in [0.25, 0.3) is 5.91 Å². The molecule has 0 bridgehead atoms. The minimum atomic E-state index is -0.114. The van der Waals surface area contributed by atoms with Crippen LogP contribution in [0.2, 0.25) is 0 Å². The van der Waals surface area contributed by atoms with Crippen LogP contribution in [0.4, 0.5) is 5.82 Å². The van der Waals surface area contributed by atoms with E-state index >= 15 is 0 Å². The first kappa shape index (κ1) is 10.4. The predicted octanol–water partition coefficient (Wildman–Crippen LogP) is 1.66. The fourth-order valence-corrected chi connectivity index (χ4v) is 1.56. The highest BCUT2D eigenvalue weighted by molar-refractivity contribution is 5.83. The van der Waals surface area contributed by atoms with Gasteiger partial charge in [-0.3, -0.25) is 4.79 Å². The smallest absolute Gasteiger partial charge is 0.253 e. The van der Waals surface area contributed by atoms with Crippen LogP contribution in [0.3, 0.4) is 0 Å². The molecule has 0 unspecified atom stereocenters. The van der Waals surface area contributed by atoms with Crippen LogP contribution in [0.15, 0.2) is 36.4 Å². The van der Waals surface area contributed by atoms with Crippen LogP contribution in [-0.2, 0) is 6.42 Å². The Labute approximate surface area is 93.7 Å². The number of nitrogens with two attached hydrogens (primary N) is 1. The molecule has 2 rings (SSSR count). The first-order valence-corrected chi connectivity index (χ1v) is 5.06. The molecule has 0 fully saturated rings. The fraction of sp³-hybridized carbons (Fsp3) is 0.167. The highest BCUT2D eigenvalue weighted by Gasteiger charge is 2.10. The van der Waals surface area contributed by atoms with Gasteiger partial charge in [0.2, 0.25) is 0 Å². The van der Waals surface area contributed by atoms with Crippen molar-refractivity contribution in [2.24, 2.45) is 0 Å². The number of rotatable bonds is 2. The summed E-state index contributed by atoms with van der Waals surface area (Å²) >= 11 is 0. The van der Waals surface area contributed by atoms with E-state index in [2.05, 4.69) is 5.10 Å². The van der Waals surface area contributed by atoms with Gasteiger partial charge in [-0.05, 0) is 12.5 Å². The molecule has 1 aromatic heterocycles. The lowest BCUT2D eigenvalue weighted by Crippen LogP contribution is -2.17. The molecule has 0 aliphatic carbocycles. The standard InChI is InChI=1S/C12H13N3O/c1-9-7-11(13)15(14-9)12(16)8-10-5-3-2-4-6-10/h2-7H,8,13H2,1H3. The largest absolute Gasteiger partial charge is 0.383 e. The van der Waals surface area contributed by atoms with Crippen LogP contribution in [0.5, 0.6) is 0 Å². The first-order valence-electron chi connectivity index (χ1n) is 5.06.